The van der Waals surface area contributed by atoms with Crippen molar-refractivity contribution >= 4 is 23.2 Å². The van der Waals surface area contributed by atoms with E-state index in [1.807, 2.05) is 16.7 Å². The molecule has 0 unspecified atom stereocenters. The van der Waals surface area contributed by atoms with Crippen molar-refractivity contribution in [3.05, 3.63) is 60.2 Å². The van der Waals surface area contributed by atoms with E-state index < -0.39 is 12.2 Å². The topological polar surface area (TPSA) is 82.7 Å². The van der Waals surface area contributed by atoms with Gasteiger partial charge in [0.15, 0.2) is 11.5 Å². The number of aliphatic hydroxyl groups is 2. The first-order valence-corrected chi connectivity index (χ1v) is 9.88. The fraction of sp³-hybridized carbons (Fsp3) is 0.368. The van der Waals surface area contributed by atoms with Crippen molar-refractivity contribution in [3.8, 4) is 0 Å². The Labute approximate surface area is 155 Å². The predicted octanol–water partition coefficient (Wildman–Crippen LogP) is 2.21. The molecule has 134 valence electrons. The van der Waals surface area contributed by atoms with Crippen molar-refractivity contribution in [1.29, 1.82) is 0 Å². The summed E-state index contributed by atoms with van der Waals surface area (Å²) in [6.45, 7) is 0. The summed E-state index contributed by atoms with van der Waals surface area (Å²) in [5.41, 5.74) is 3.01. The van der Waals surface area contributed by atoms with Crippen LogP contribution in [0.15, 0.2) is 48.9 Å². The maximum absolute atomic E-state index is 10.2. The van der Waals surface area contributed by atoms with Crippen LogP contribution in [0.4, 0.5) is 5.82 Å². The highest BCUT2D eigenvalue weighted by Crippen LogP contribution is 2.44. The second-order valence-electron chi connectivity index (χ2n) is 6.97. The third-order valence-electron chi connectivity index (χ3n) is 5.24. The number of fused-ring (bicyclic) bond motifs is 1. The Morgan fingerprint density at radius 3 is 2.77 bits per heavy atom. The van der Waals surface area contributed by atoms with Crippen molar-refractivity contribution in [2.75, 3.05) is 11.1 Å². The van der Waals surface area contributed by atoms with Crippen molar-refractivity contribution in [2.45, 2.75) is 35.8 Å². The van der Waals surface area contributed by atoms with Gasteiger partial charge in [-0.2, -0.15) is 0 Å². The van der Waals surface area contributed by atoms with E-state index in [9.17, 15) is 10.2 Å². The summed E-state index contributed by atoms with van der Waals surface area (Å²) < 4.78 is 1.97. The van der Waals surface area contributed by atoms with Gasteiger partial charge >= 0.3 is 0 Å². The molecular formula is C19H20N4O2S. The first kappa shape index (κ1) is 16.1. The van der Waals surface area contributed by atoms with Crippen LogP contribution in [-0.2, 0) is 0 Å². The van der Waals surface area contributed by atoms with E-state index >= 15 is 0 Å². The van der Waals surface area contributed by atoms with Gasteiger partial charge in [0.05, 0.1) is 29.3 Å². The standard InChI is InChI=1S/C19H20N4O2S/c24-15-10-26-17(16(15)25)14-9-21-19-18(20-6-7-23(14)19)22-13-8-12(13)11-4-2-1-3-5-11/h1-7,9,12-13,15-17,24-25H,8,10H2,(H,20,22)/t12-,13-,15-,16-,17+/m1/s1. The lowest BCUT2D eigenvalue weighted by Crippen LogP contribution is -2.25. The van der Waals surface area contributed by atoms with E-state index in [1.165, 1.54) is 5.56 Å². The van der Waals surface area contributed by atoms with Gasteiger partial charge in [-0.15, -0.1) is 11.8 Å². The normalized spacial score (nSPS) is 30.6. The summed E-state index contributed by atoms with van der Waals surface area (Å²) in [6.07, 6.45) is 5.03. The number of hydrogen-bond acceptors (Lipinski definition) is 6. The van der Waals surface area contributed by atoms with Gasteiger partial charge in [-0.1, -0.05) is 30.3 Å². The zero-order valence-corrected chi connectivity index (χ0v) is 14.9. The van der Waals surface area contributed by atoms with Crippen LogP contribution in [0.1, 0.15) is 28.8 Å². The van der Waals surface area contributed by atoms with E-state index in [0.29, 0.717) is 17.7 Å². The summed E-state index contributed by atoms with van der Waals surface area (Å²) in [4.78, 5) is 9.01. The van der Waals surface area contributed by atoms with Gasteiger partial charge in [0.1, 0.15) is 0 Å². The Balaban J connectivity index is 1.40. The van der Waals surface area contributed by atoms with Crippen LogP contribution >= 0.6 is 11.8 Å². The molecule has 1 saturated carbocycles. The molecule has 2 aromatic heterocycles. The van der Waals surface area contributed by atoms with Crippen LogP contribution < -0.4 is 5.32 Å². The maximum atomic E-state index is 10.2. The van der Waals surface area contributed by atoms with Crippen molar-refractivity contribution in [1.82, 2.24) is 14.4 Å². The number of anilines is 1. The molecule has 7 heteroatoms. The second-order valence-corrected chi connectivity index (χ2v) is 8.14. The highest BCUT2D eigenvalue weighted by atomic mass is 32.2. The van der Waals surface area contributed by atoms with Gasteiger partial charge < -0.3 is 15.5 Å². The van der Waals surface area contributed by atoms with E-state index in [1.54, 1.807) is 24.2 Å². The molecule has 0 radical (unpaired) electrons. The molecule has 5 atom stereocenters. The zero-order valence-electron chi connectivity index (χ0n) is 14.1. The van der Waals surface area contributed by atoms with Crippen molar-refractivity contribution in [3.63, 3.8) is 0 Å². The monoisotopic (exact) mass is 368 g/mol. The lowest BCUT2D eigenvalue weighted by atomic mass is 10.1. The average Bonchev–Trinajstić information content (AvgIpc) is 3.18. The summed E-state index contributed by atoms with van der Waals surface area (Å²) >= 11 is 1.56. The number of nitrogens with zero attached hydrogens (tertiary/aromatic N) is 3. The molecule has 1 aliphatic carbocycles. The van der Waals surface area contributed by atoms with Gasteiger partial charge in [-0.05, 0) is 12.0 Å². The number of aromatic nitrogens is 3. The minimum absolute atomic E-state index is 0.173. The number of imidazole rings is 1. The SMILES string of the molecule is O[C@@H]1[C@H](O)CS[C@H]1c1cnc2c(N[C@@H]3C[C@@H]3c3ccccc3)nccn12. The molecule has 0 bridgehead atoms. The molecule has 1 aromatic carbocycles. The van der Waals surface area contributed by atoms with Gasteiger partial charge in [0, 0.05) is 30.1 Å². The Bertz CT molecular complexity index is 932. The highest BCUT2D eigenvalue weighted by Gasteiger charge is 2.40. The van der Waals surface area contributed by atoms with E-state index in [0.717, 1.165) is 23.6 Å². The molecule has 3 aromatic rings. The number of aliphatic hydroxyl groups excluding tert-OH is 2. The average molecular weight is 368 g/mol. The number of benzene rings is 1. The van der Waals surface area contributed by atoms with Crippen LogP contribution in [0.5, 0.6) is 0 Å². The van der Waals surface area contributed by atoms with E-state index in [2.05, 4.69) is 39.6 Å². The third kappa shape index (κ3) is 2.67. The third-order valence-corrected chi connectivity index (χ3v) is 6.65. The molecule has 6 nitrogen and oxygen atoms in total. The lowest BCUT2D eigenvalue weighted by Gasteiger charge is -2.15. The van der Waals surface area contributed by atoms with Crippen LogP contribution in [-0.4, -0.2) is 48.6 Å². The Hall–Kier alpha value is -2.09. The number of thioether (sulfide) groups is 1. The Morgan fingerprint density at radius 1 is 1.15 bits per heavy atom. The highest BCUT2D eigenvalue weighted by molar-refractivity contribution is 7.99. The Kier molecular flexibility index (Phi) is 3.88. The molecule has 3 N–H and O–H groups in total. The maximum Gasteiger partial charge on any atom is 0.180 e. The quantitative estimate of drug-likeness (QED) is 0.655. The van der Waals surface area contributed by atoms with Crippen molar-refractivity contribution < 1.29 is 10.2 Å². The molecule has 1 saturated heterocycles. The molecule has 1 aliphatic heterocycles. The number of nitrogens with one attached hydrogen (secondary N) is 1. The number of hydrogen-bond donors (Lipinski definition) is 3. The molecule has 0 amide bonds. The minimum atomic E-state index is -0.768. The first-order valence-electron chi connectivity index (χ1n) is 8.83. The van der Waals surface area contributed by atoms with Gasteiger partial charge in [-0.3, -0.25) is 4.40 Å². The Morgan fingerprint density at radius 2 is 2.00 bits per heavy atom. The summed E-state index contributed by atoms with van der Waals surface area (Å²) in [5, 5.41) is 23.4. The lowest BCUT2D eigenvalue weighted by molar-refractivity contribution is 0.0411. The number of rotatable bonds is 4. The van der Waals surface area contributed by atoms with E-state index in [4.69, 9.17) is 0 Å². The van der Waals surface area contributed by atoms with Crippen molar-refractivity contribution in [2.24, 2.45) is 0 Å². The molecular weight excluding hydrogens is 348 g/mol. The van der Waals surface area contributed by atoms with Gasteiger partial charge in [-0.25, -0.2) is 9.97 Å². The van der Waals surface area contributed by atoms with Gasteiger partial charge in [0.2, 0.25) is 0 Å². The molecule has 5 rings (SSSR count). The fourth-order valence-corrected chi connectivity index (χ4v) is 5.04. The zero-order chi connectivity index (χ0) is 17.7. The van der Waals surface area contributed by atoms with Crippen LogP contribution in [0.3, 0.4) is 0 Å². The smallest absolute Gasteiger partial charge is 0.180 e. The minimum Gasteiger partial charge on any atom is -0.390 e. The molecule has 26 heavy (non-hydrogen) atoms. The summed E-state index contributed by atoms with van der Waals surface area (Å²) in [6, 6.07) is 10.9. The second kappa shape index (κ2) is 6.26. The predicted molar refractivity (Wildman–Crippen MR) is 101 cm³/mol. The summed E-state index contributed by atoms with van der Waals surface area (Å²) in [7, 11) is 0. The fourth-order valence-electron chi connectivity index (χ4n) is 3.71. The molecule has 0 spiro atoms. The molecule has 2 aliphatic rings. The summed E-state index contributed by atoms with van der Waals surface area (Å²) in [5.74, 6) is 1.81. The van der Waals surface area contributed by atoms with Crippen LogP contribution in [0.2, 0.25) is 0 Å². The molecule has 3 heterocycles. The largest absolute Gasteiger partial charge is 0.390 e. The van der Waals surface area contributed by atoms with Gasteiger partial charge in [0.25, 0.3) is 0 Å². The first-order chi connectivity index (χ1) is 12.7. The van der Waals surface area contributed by atoms with E-state index in [-0.39, 0.29) is 5.25 Å². The molecule has 2 fully saturated rings. The van der Waals surface area contributed by atoms with Crippen LogP contribution in [0.25, 0.3) is 5.65 Å². The van der Waals surface area contributed by atoms with Crippen LogP contribution in [0, 0.1) is 0 Å².